The summed E-state index contributed by atoms with van der Waals surface area (Å²) < 4.78 is 143. The average molecular weight is 395 g/mol. The molecule has 0 saturated carbocycles. The van der Waals surface area contributed by atoms with Crippen LogP contribution >= 0.6 is 11.6 Å². The van der Waals surface area contributed by atoms with E-state index in [9.17, 15) is 48.3 Å². The number of halogens is 12. The van der Waals surface area contributed by atoms with E-state index in [1.54, 1.807) is 0 Å². The quantitative estimate of drug-likeness (QED) is 0.418. The molecule has 1 aromatic carbocycles. The Morgan fingerprint density at radius 1 is 0.625 bits per heavy atom. The first-order valence-corrected chi connectivity index (χ1v) is 6.22. The van der Waals surface area contributed by atoms with Crippen LogP contribution in [0.4, 0.5) is 48.3 Å². The number of hydrogen-bond acceptors (Lipinski definition) is 0. The lowest BCUT2D eigenvalue weighted by Crippen LogP contribution is -2.68. The minimum Gasteiger partial charge on any atom is -0.195 e. The molecule has 12 heteroatoms. The second kappa shape index (κ2) is 5.92. The maximum atomic E-state index is 13.5. The van der Waals surface area contributed by atoms with Crippen molar-refractivity contribution < 1.29 is 48.3 Å². The largest absolute Gasteiger partial charge is 0.454 e. The van der Waals surface area contributed by atoms with Crippen LogP contribution in [0.5, 0.6) is 0 Å². The molecule has 0 radical (unpaired) electrons. The van der Waals surface area contributed by atoms with Crippen LogP contribution in [0, 0.1) is 5.41 Å². The van der Waals surface area contributed by atoms with Gasteiger partial charge in [-0.05, 0) is 5.56 Å². The zero-order chi connectivity index (χ0) is 19.2. The summed E-state index contributed by atoms with van der Waals surface area (Å²) >= 11 is 4.97. The maximum Gasteiger partial charge on any atom is 0.454 e. The van der Waals surface area contributed by atoms with Crippen molar-refractivity contribution in [2.45, 2.75) is 29.8 Å². The molecule has 0 amide bonds. The first-order valence-electron chi connectivity index (χ1n) is 5.79. The van der Waals surface area contributed by atoms with Gasteiger partial charge in [0.25, 0.3) is 5.41 Å². The van der Waals surface area contributed by atoms with Gasteiger partial charge in [-0.2, -0.15) is 48.3 Å². The zero-order valence-corrected chi connectivity index (χ0v) is 11.8. The lowest BCUT2D eigenvalue weighted by atomic mass is 9.73. The second-order valence-electron chi connectivity index (χ2n) is 4.65. The molecule has 0 bridgehead atoms. The summed E-state index contributed by atoms with van der Waals surface area (Å²) in [6, 6.07) is 3.74. The highest BCUT2D eigenvalue weighted by molar-refractivity contribution is 6.21. The van der Waals surface area contributed by atoms with Crippen LogP contribution < -0.4 is 0 Å². The van der Waals surface area contributed by atoms with Crippen LogP contribution in [0.1, 0.15) is 10.9 Å². The van der Waals surface area contributed by atoms with Gasteiger partial charge in [0.05, 0.1) is 5.38 Å². The van der Waals surface area contributed by atoms with Crippen molar-refractivity contribution >= 4 is 11.6 Å². The van der Waals surface area contributed by atoms with Gasteiger partial charge in [-0.3, -0.25) is 0 Å². The number of rotatable bonds is 3. The first kappa shape index (κ1) is 20.8. The molecule has 0 aliphatic rings. The third-order valence-corrected chi connectivity index (χ3v) is 3.80. The van der Waals surface area contributed by atoms with Crippen LogP contribution in [0.2, 0.25) is 0 Å². The van der Waals surface area contributed by atoms with Gasteiger partial charge in [0, 0.05) is 0 Å². The lowest BCUT2D eigenvalue weighted by Gasteiger charge is -2.45. The molecule has 1 aromatic rings. The Hall–Kier alpha value is -1.26. The SMILES string of the molecule is FC(F)(F)C(F)(F)C(C(Cl)c1ccccc1)(C(F)(F)F)C(F)(F)F. The third-order valence-electron chi connectivity index (χ3n) is 3.22. The molecule has 24 heavy (non-hydrogen) atoms. The molecule has 1 atom stereocenters. The topological polar surface area (TPSA) is 0 Å². The maximum absolute atomic E-state index is 13.5. The number of alkyl halides is 12. The fourth-order valence-electron chi connectivity index (χ4n) is 2.06. The highest BCUT2D eigenvalue weighted by Gasteiger charge is 2.91. The highest BCUT2D eigenvalue weighted by Crippen LogP contribution is 2.69. The minimum absolute atomic E-state index is 0.482. The van der Waals surface area contributed by atoms with Crippen LogP contribution in [-0.2, 0) is 0 Å². The molecule has 0 nitrogen and oxygen atoms in total. The van der Waals surface area contributed by atoms with Crippen molar-refractivity contribution in [2.24, 2.45) is 5.41 Å². The summed E-state index contributed by atoms with van der Waals surface area (Å²) in [5.41, 5.74) is -7.77. The van der Waals surface area contributed by atoms with Gasteiger partial charge in [-0.1, -0.05) is 30.3 Å². The summed E-state index contributed by atoms with van der Waals surface area (Å²) in [5, 5.41) is -3.78. The van der Waals surface area contributed by atoms with Gasteiger partial charge in [0.1, 0.15) is 0 Å². The van der Waals surface area contributed by atoms with E-state index in [4.69, 9.17) is 11.6 Å². The number of benzene rings is 1. The van der Waals surface area contributed by atoms with E-state index in [2.05, 4.69) is 0 Å². The molecule has 0 N–H and O–H groups in total. The Bertz CT molecular complexity index is 541. The van der Waals surface area contributed by atoms with E-state index in [-0.39, 0.29) is 0 Å². The summed E-state index contributed by atoms with van der Waals surface area (Å²) in [5.74, 6) is -7.24. The molecule has 0 aromatic heterocycles. The van der Waals surface area contributed by atoms with Gasteiger partial charge >= 0.3 is 24.5 Å². The van der Waals surface area contributed by atoms with Gasteiger partial charge in [-0.15, -0.1) is 11.6 Å². The molecule has 1 rings (SSSR count). The Morgan fingerprint density at radius 3 is 1.29 bits per heavy atom. The van der Waals surface area contributed by atoms with Gasteiger partial charge in [0.2, 0.25) is 0 Å². The molecular weight excluding hydrogens is 389 g/mol. The Balaban J connectivity index is 3.88. The molecule has 0 spiro atoms. The van der Waals surface area contributed by atoms with Crippen molar-refractivity contribution in [1.29, 1.82) is 0 Å². The monoisotopic (exact) mass is 394 g/mol. The van der Waals surface area contributed by atoms with E-state index in [0.717, 1.165) is 18.2 Å². The van der Waals surface area contributed by atoms with Crippen molar-refractivity contribution in [3.05, 3.63) is 35.9 Å². The van der Waals surface area contributed by atoms with Crippen molar-refractivity contribution in [3.8, 4) is 0 Å². The van der Waals surface area contributed by atoms with Crippen molar-refractivity contribution in [1.82, 2.24) is 0 Å². The molecule has 0 heterocycles. The van der Waals surface area contributed by atoms with Crippen LogP contribution in [0.25, 0.3) is 0 Å². The molecule has 0 aliphatic heterocycles. The fourth-order valence-corrected chi connectivity index (χ4v) is 2.59. The number of hydrogen-bond donors (Lipinski definition) is 0. The van der Waals surface area contributed by atoms with Crippen LogP contribution in [0.3, 0.4) is 0 Å². The standard InChI is InChI=1S/C12H6ClF11/c13-7(6-4-2-1-3-5-6)8(10(16,17)18,11(19,20)21)9(14,15)12(22,23)24/h1-5,7H. The summed E-state index contributed by atoms with van der Waals surface area (Å²) in [6.45, 7) is 0. The van der Waals surface area contributed by atoms with E-state index in [0.29, 0.717) is 12.1 Å². The lowest BCUT2D eigenvalue weighted by molar-refractivity contribution is -0.449. The molecule has 0 saturated heterocycles. The molecule has 1 unspecified atom stereocenters. The zero-order valence-electron chi connectivity index (χ0n) is 11.0. The Morgan fingerprint density at radius 2 is 1.00 bits per heavy atom. The molecular formula is C12H6ClF11. The molecule has 138 valence electrons. The summed E-state index contributed by atoms with van der Waals surface area (Å²) in [7, 11) is 0. The van der Waals surface area contributed by atoms with Crippen molar-refractivity contribution in [2.75, 3.05) is 0 Å². The predicted molar refractivity (Wildman–Crippen MR) is 60.6 cm³/mol. The third kappa shape index (κ3) is 2.91. The van der Waals surface area contributed by atoms with E-state index in [1.807, 2.05) is 0 Å². The van der Waals surface area contributed by atoms with E-state index in [1.165, 1.54) is 0 Å². The first-order chi connectivity index (χ1) is 10.5. The van der Waals surface area contributed by atoms with Crippen LogP contribution in [-0.4, -0.2) is 24.5 Å². The predicted octanol–water partition coefficient (Wildman–Crippen LogP) is 6.28. The summed E-state index contributed by atoms with van der Waals surface area (Å²) in [4.78, 5) is 0. The normalized spacial score (nSPS) is 16.2. The van der Waals surface area contributed by atoms with Gasteiger partial charge in [0.15, 0.2) is 0 Å². The second-order valence-corrected chi connectivity index (χ2v) is 5.09. The molecule has 0 aliphatic carbocycles. The Labute approximate surface area is 132 Å². The molecule has 0 fully saturated rings. The van der Waals surface area contributed by atoms with Gasteiger partial charge < -0.3 is 0 Å². The van der Waals surface area contributed by atoms with Crippen LogP contribution in [0.15, 0.2) is 30.3 Å². The average Bonchev–Trinajstić information content (AvgIpc) is 2.35. The van der Waals surface area contributed by atoms with E-state index < -0.39 is 40.8 Å². The van der Waals surface area contributed by atoms with E-state index >= 15 is 0 Å². The van der Waals surface area contributed by atoms with Crippen molar-refractivity contribution in [3.63, 3.8) is 0 Å². The minimum atomic E-state index is -7.24. The van der Waals surface area contributed by atoms with Gasteiger partial charge in [-0.25, -0.2) is 0 Å². The highest BCUT2D eigenvalue weighted by atomic mass is 35.5. The summed E-state index contributed by atoms with van der Waals surface area (Å²) in [6.07, 6.45) is -21.3. The Kier molecular flexibility index (Phi) is 5.13. The fraction of sp³-hybridized carbons (Fsp3) is 0.500. The smallest absolute Gasteiger partial charge is 0.195 e.